The Morgan fingerprint density at radius 3 is 2.70 bits per heavy atom. The molecule has 2 fully saturated rings. The first-order chi connectivity index (χ1) is 9.63. The van der Waals surface area contributed by atoms with Crippen molar-refractivity contribution in [1.82, 2.24) is 9.88 Å². The Hall–Kier alpha value is -1.00. The summed E-state index contributed by atoms with van der Waals surface area (Å²) in [7, 11) is 0. The lowest BCUT2D eigenvalue weighted by Crippen LogP contribution is -2.52. The van der Waals surface area contributed by atoms with Gasteiger partial charge in [0.25, 0.3) is 5.91 Å². The Morgan fingerprint density at radius 2 is 2.10 bits per heavy atom. The molecule has 1 heterocycles. The average molecular weight is 297 g/mol. The topological polar surface area (TPSA) is 54.3 Å². The van der Waals surface area contributed by atoms with Crippen LogP contribution in [0.5, 0.6) is 0 Å². The van der Waals surface area contributed by atoms with Gasteiger partial charge >= 0.3 is 0 Å². The Labute approximate surface area is 124 Å². The first kappa shape index (κ1) is 14.0. The van der Waals surface area contributed by atoms with E-state index >= 15 is 0 Å². The molecule has 110 valence electrons. The van der Waals surface area contributed by atoms with E-state index in [1.54, 1.807) is 6.07 Å². The van der Waals surface area contributed by atoms with Gasteiger partial charge in [0.2, 0.25) is 0 Å². The zero-order valence-corrected chi connectivity index (χ0v) is 12.3. The molecule has 0 unspecified atom stereocenters. The fourth-order valence-corrected chi connectivity index (χ4v) is 3.35. The van der Waals surface area contributed by atoms with Crippen LogP contribution in [0, 0.1) is 0 Å². The highest BCUT2D eigenvalue weighted by Gasteiger charge is 2.35. The highest BCUT2D eigenvalue weighted by Crippen LogP contribution is 2.37. The van der Waals surface area contributed by atoms with Gasteiger partial charge < -0.3 is 15.0 Å². The van der Waals surface area contributed by atoms with Crippen LogP contribution in [0.2, 0.25) is 5.02 Å². The first-order valence-electron chi connectivity index (χ1n) is 7.44. The Morgan fingerprint density at radius 1 is 1.40 bits per heavy atom. The minimum atomic E-state index is -0.444. The summed E-state index contributed by atoms with van der Waals surface area (Å²) in [5, 5.41) is 13.4. The van der Waals surface area contributed by atoms with Crippen LogP contribution in [-0.4, -0.2) is 27.7 Å². The maximum Gasteiger partial charge on any atom is 0.268 e. The molecule has 1 amide bonds. The van der Waals surface area contributed by atoms with Crippen molar-refractivity contribution in [2.24, 2.45) is 0 Å². The van der Waals surface area contributed by atoms with Gasteiger partial charge in [0.05, 0.1) is 17.2 Å². The van der Waals surface area contributed by atoms with E-state index in [1.807, 2.05) is 10.8 Å². The van der Waals surface area contributed by atoms with Crippen molar-refractivity contribution in [3.05, 3.63) is 23.0 Å². The fourth-order valence-electron chi connectivity index (χ4n) is 3.14. The van der Waals surface area contributed by atoms with Crippen molar-refractivity contribution in [1.29, 1.82) is 0 Å². The van der Waals surface area contributed by atoms with Crippen LogP contribution in [-0.2, 0) is 0 Å². The zero-order valence-electron chi connectivity index (χ0n) is 11.6. The second kappa shape index (κ2) is 5.41. The lowest BCUT2D eigenvalue weighted by atomic mass is 9.82. The van der Waals surface area contributed by atoms with Crippen LogP contribution in [0.4, 0.5) is 0 Å². The maximum atomic E-state index is 12.5. The molecule has 1 aromatic rings. The summed E-state index contributed by atoms with van der Waals surface area (Å²) in [4.78, 5) is 12.5. The fraction of sp³-hybridized carbons (Fsp3) is 0.667. The van der Waals surface area contributed by atoms with E-state index in [0.717, 1.165) is 38.5 Å². The van der Waals surface area contributed by atoms with E-state index in [4.69, 9.17) is 11.6 Å². The molecule has 1 aromatic heterocycles. The van der Waals surface area contributed by atoms with E-state index in [9.17, 15) is 9.90 Å². The van der Waals surface area contributed by atoms with E-state index in [0.29, 0.717) is 16.8 Å². The summed E-state index contributed by atoms with van der Waals surface area (Å²) >= 11 is 6.04. The summed E-state index contributed by atoms with van der Waals surface area (Å²) in [5.41, 5.74) is 0.177. The Balaban J connectivity index is 1.78. The number of aromatic nitrogens is 1. The van der Waals surface area contributed by atoms with Crippen LogP contribution < -0.4 is 5.32 Å². The molecule has 2 N–H and O–H groups in total. The van der Waals surface area contributed by atoms with Crippen molar-refractivity contribution in [2.75, 3.05) is 6.61 Å². The van der Waals surface area contributed by atoms with E-state index in [1.165, 1.54) is 6.42 Å². The van der Waals surface area contributed by atoms with Gasteiger partial charge in [0, 0.05) is 12.2 Å². The van der Waals surface area contributed by atoms with Gasteiger partial charge in [0.15, 0.2) is 0 Å². The summed E-state index contributed by atoms with van der Waals surface area (Å²) in [6, 6.07) is 2.14. The van der Waals surface area contributed by atoms with Crippen molar-refractivity contribution in [3.63, 3.8) is 0 Å². The summed E-state index contributed by atoms with van der Waals surface area (Å²) in [6.45, 7) is 0.0105. The predicted molar refractivity (Wildman–Crippen MR) is 78.1 cm³/mol. The number of amides is 1. The number of nitrogens with one attached hydrogen (secondary N) is 1. The largest absolute Gasteiger partial charge is 0.394 e. The minimum absolute atomic E-state index is 0.0105. The molecule has 0 saturated heterocycles. The van der Waals surface area contributed by atoms with Gasteiger partial charge in [-0.15, -0.1) is 0 Å². The third kappa shape index (κ3) is 2.72. The summed E-state index contributed by atoms with van der Waals surface area (Å²) < 4.78 is 1.98. The Bertz CT molecular complexity index is 502. The molecular weight excluding hydrogens is 276 g/mol. The molecule has 0 radical (unpaired) electrons. The molecule has 0 aliphatic heterocycles. The predicted octanol–water partition coefficient (Wildman–Crippen LogP) is 2.90. The SMILES string of the molecule is O=C(NC1(CO)CCCCC1)c1cc(Cl)cn1C1CC1. The van der Waals surface area contributed by atoms with Crippen LogP contribution >= 0.6 is 11.6 Å². The molecule has 2 aliphatic rings. The monoisotopic (exact) mass is 296 g/mol. The average Bonchev–Trinajstić information content (AvgIpc) is 3.22. The highest BCUT2D eigenvalue weighted by molar-refractivity contribution is 6.31. The number of nitrogens with zero attached hydrogens (tertiary/aromatic N) is 1. The minimum Gasteiger partial charge on any atom is -0.394 e. The van der Waals surface area contributed by atoms with Gasteiger partial charge in [-0.1, -0.05) is 30.9 Å². The smallest absolute Gasteiger partial charge is 0.268 e. The third-order valence-corrected chi connectivity index (χ3v) is 4.69. The van der Waals surface area contributed by atoms with E-state index in [2.05, 4.69) is 5.32 Å². The van der Waals surface area contributed by atoms with Gasteiger partial charge in [-0.05, 0) is 31.7 Å². The Kier molecular flexibility index (Phi) is 3.78. The van der Waals surface area contributed by atoms with Gasteiger partial charge in [-0.25, -0.2) is 0 Å². The molecule has 0 aromatic carbocycles. The molecule has 2 aliphatic carbocycles. The molecule has 5 heteroatoms. The van der Waals surface area contributed by atoms with E-state index < -0.39 is 5.54 Å². The second-order valence-electron chi connectivity index (χ2n) is 6.14. The van der Waals surface area contributed by atoms with Crippen LogP contribution in [0.3, 0.4) is 0 Å². The second-order valence-corrected chi connectivity index (χ2v) is 6.57. The maximum absolute atomic E-state index is 12.5. The number of rotatable bonds is 4. The van der Waals surface area contributed by atoms with Crippen LogP contribution in [0.1, 0.15) is 61.5 Å². The van der Waals surface area contributed by atoms with Crippen molar-refractivity contribution in [2.45, 2.75) is 56.5 Å². The summed E-state index contributed by atoms with van der Waals surface area (Å²) in [6.07, 6.45) is 9.06. The number of carbonyl (C=O) groups excluding carboxylic acids is 1. The van der Waals surface area contributed by atoms with E-state index in [-0.39, 0.29) is 12.5 Å². The summed E-state index contributed by atoms with van der Waals surface area (Å²) in [5.74, 6) is -0.111. The molecule has 4 nitrogen and oxygen atoms in total. The van der Waals surface area contributed by atoms with Crippen molar-refractivity contribution >= 4 is 17.5 Å². The number of carbonyl (C=O) groups is 1. The molecular formula is C15H21ClN2O2. The standard InChI is InChI=1S/C15H21ClN2O2/c16-11-8-13(18(9-11)12-4-5-12)14(20)17-15(10-19)6-2-1-3-7-15/h8-9,12,19H,1-7,10H2,(H,17,20). The normalized spacial score (nSPS) is 21.7. The molecule has 0 atom stereocenters. The number of aliphatic hydroxyl groups excluding tert-OH is 1. The molecule has 0 spiro atoms. The lowest BCUT2D eigenvalue weighted by molar-refractivity contribution is 0.0749. The number of hydrogen-bond donors (Lipinski definition) is 2. The lowest BCUT2D eigenvalue weighted by Gasteiger charge is -2.36. The number of halogens is 1. The van der Waals surface area contributed by atoms with Gasteiger partial charge in [-0.2, -0.15) is 0 Å². The zero-order chi connectivity index (χ0) is 14.2. The number of hydrogen-bond acceptors (Lipinski definition) is 2. The third-order valence-electron chi connectivity index (χ3n) is 4.48. The van der Waals surface area contributed by atoms with Crippen molar-refractivity contribution < 1.29 is 9.90 Å². The molecule has 20 heavy (non-hydrogen) atoms. The highest BCUT2D eigenvalue weighted by atomic mass is 35.5. The van der Waals surface area contributed by atoms with Crippen molar-refractivity contribution in [3.8, 4) is 0 Å². The first-order valence-corrected chi connectivity index (χ1v) is 7.82. The van der Waals surface area contributed by atoms with Gasteiger partial charge in [0.1, 0.15) is 5.69 Å². The quantitative estimate of drug-likeness (QED) is 0.897. The molecule has 3 rings (SSSR count). The number of aliphatic hydroxyl groups is 1. The molecule has 2 saturated carbocycles. The van der Waals surface area contributed by atoms with Gasteiger partial charge in [-0.3, -0.25) is 4.79 Å². The van der Waals surface area contributed by atoms with Crippen LogP contribution in [0.15, 0.2) is 12.3 Å². The van der Waals surface area contributed by atoms with Crippen LogP contribution in [0.25, 0.3) is 0 Å². The molecule has 0 bridgehead atoms.